The molecule has 1 aliphatic heterocycles. The Morgan fingerprint density at radius 1 is 0.778 bits per heavy atom. The van der Waals surface area contributed by atoms with Crippen molar-refractivity contribution >= 4 is 5.97 Å². The van der Waals surface area contributed by atoms with Crippen LogP contribution in [0.2, 0.25) is 0 Å². The van der Waals surface area contributed by atoms with Crippen LogP contribution < -0.4 is 4.74 Å². The monoisotopic (exact) mass is 492 g/mol. The molecule has 1 aliphatic rings. The lowest BCUT2D eigenvalue weighted by atomic mass is 9.98. The first-order valence-corrected chi connectivity index (χ1v) is 11.4. The zero-order valence-electron chi connectivity index (χ0n) is 19.2. The Morgan fingerprint density at radius 2 is 1.33 bits per heavy atom. The van der Waals surface area contributed by atoms with E-state index in [9.17, 15) is 22.4 Å². The number of aryl methyl sites for hydroxylation is 1. The number of halogens is 4. The van der Waals surface area contributed by atoms with Gasteiger partial charge in [0.2, 0.25) is 0 Å². The van der Waals surface area contributed by atoms with E-state index in [2.05, 4.69) is 0 Å². The summed E-state index contributed by atoms with van der Waals surface area (Å²) >= 11 is 0. The number of epoxide rings is 1. The molecule has 1 saturated heterocycles. The van der Waals surface area contributed by atoms with E-state index in [-0.39, 0.29) is 22.4 Å². The summed E-state index contributed by atoms with van der Waals surface area (Å²) in [5.74, 6) is -5.49. The van der Waals surface area contributed by atoms with Crippen LogP contribution in [0.5, 0.6) is 5.75 Å². The summed E-state index contributed by atoms with van der Waals surface area (Å²) < 4.78 is 68.5. The number of carbonyl (C=O) groups is 1. The molecule has 0 aliphatic carbocycles. The van der Waals surface area contributed by atoms with Crippen LogP contribution >= 0.6 is 0 Å². The molecule has 5 rings (SSSR count). The van der Waals surface area contributed by atoms with E-state index in [0.717, 1.165) is 18.1 Å². The van der Waals surface area contributed by atoms with Gasteiger partial charge in [0.1, 0.15) is 11.9 Å². The van der Waals surface area contributed by atoms with Crippen molar-refractivity contribution in [3.8, 4) is 28.0 Å². The Kier molecular flexibility index (Phi) is 6.33. The highest BCUT2D eigenvalue weighted by atomic mass is 19.2. The Hall–Kier alpha value is -3.97. The molecular weight excluding hydrogens is 472 g/mol. The van der Waals surface area contributed by atoms with Gasteiger partial charge in [-0.2, -0.15) is 0 Å². The quantitative estimate of drug-likeness (QED) is 0.122. The maximum Gasteiger partial charge on any atom is 0.346 e. The summed E-state index contributed by atoms with van der Waals surface area (Å²) in [6, 6.07) is 18.3. The highest BCUT2D eigenvalue weighted by molar-refractivity contribution is 5.91. The van der Waals surface area contributed by atoms with Crippen LogP contribution in [0.15, 0.2) is 72.8 Å². The summed E-state index contributed by atoms with van der Waals surface area (Å²) in [5.41, 5.74) is 1.69. The summed E-state index contributed by atoms with van der Waals surface area (Å²) in [7, 11) is 0. The lowest BCUT2D eigenvalue weighted by Crippen LogP contribution is -2.12. The summed E-state index contributed by atoms with van der Waals surface area (Å²) in [6.07, 6.45) is 0.341. The predicted octanol–water partition coefficient (Wildman–Crippen LogP) is 7.43. The third-order valence-corrected chi connectivity index (χ3v) is 6.14. The third-order valence-electron chi connectivity index (χ3n) is 6.14. The number of ether oxygens (including phenoxy) is 2. The van der Waals surface area contributed by atoms with E-state index in [1.807, 2.05) is 19.1 Å². The van der Waals surface area contributed by atoms with Crippen LogP contribution in [0.4, 0.5) is 17.6 Å². The smallest absolute Gasteiger partial charge is 0.346 e. The van der Waals surface area contributed by atoms with Crippen LogP contribution in [0, 0.1) is 23.3 Å². The zero-order valence-corrected chi connectivity index (χ0v) is 19.2. The van der Waals surface area contributed by atoms with Crippen LogP contribution in [-0.2, 0) is 11.2 Å². The van der Waals surface area contributed by atoms with Gasteiger partial charge in [0.05, 0.1) is 12.2 Å². The van der Waals surface area contributed by atoms with Gasteiger partial charge in [-0.05, 0) is 41.3 Å². The van der Waals surface area contributed by atoms with Crippen molar-refractivity contribution in [2.75, 3.05) is 6.61 Å². The molecule has 1 atom stereocenters. The minimum Gasteiger partial charge on any atom is -0.423 e. The molecule has 1 heterocycles. The first kappa shape index (κ1) is 23.8. The standard InChI is InChI=1S/C29H20F4O3/c1-2-16-3-5-17(6-4-16)20-11-12-21(26(31)25(20)30)18-7-9-19(10-8-18)36-29(34)23-14-13-22(24-15-35-24)27(32)28(23)33/h3-14,24H,2,15H2,1H3. The van der Waals surface area contributed by atoms with Crippen molar-refractivity contribution in [1.82, 2.24) is 0 Å². The maximum atomic E-state index is 14.9. The second-order valence-electron chi connectivity index (χ2n) is 8.41. The summed E-state index contributed by atoms with van der Waals surface area (Å²) in [5, 5.41) is 0. The molecule has 0 saturated carbocycles. The van der Waals surface area contributed by atoms with Crippen molar-refractivity contribution in [1.29, 1.82) is 0 Å². The molecule has 3 nitrogen and oxygen atoms in total. The predicted molar refractivity (Wildman–Crippen MR) is 127 cm³/mol. The first-order valence-electron chi connectivity index (χ1n) is 11.4. The van der Waals surface area contributed by atoms with Crippen molar-refractivity contribution in [2.24, 2.45) is 0 Å². The molecule has 4 aromatic carbocycles. The molecule has 36 heavy (non-hydrogen) atoms. The molecule has 7 heteroatoms. The summed E-state index contributed by atoms with van der Waals surface area (Å²) in [6.45, 7) is 2.31. The average molecular weight is 492 g/mol. The van der Waals surface area contributed by atoms with Gasteiger partial charge in [-0.15, -0.1) is 0 Å². The molecule has 4 aromatic rings. The number of esters is 1. The van der Waals surface area contributed by atoms with Gasteiger partial charge in [0.15, 0.2) is 23.3 Å². The second kappa shape index (κ2) is 9.59. The van der Waals surface area contributed by atoms with E-state index < -0.39 is 40.9 Å². The Balaban J connectivity index is 1.34. The lowest BCUT2D eigenvalue weighted by molar-refractivity contribution is 0.0728. The van der Waals surface area contributed by atoms with Gasteiger partial charge in [0, 0.05) is 16.7 Å². The van der Waals surface area contributed by atoms with Gasteiger partial charge in [0.25, 0.3) is 0 Å². The number of carbonyl (C=O) groups excluding carboxylic acids is 1. The first-order chi connectivity index (χ1) is 17.4. The molecule has 1 unspecified atom stereocenters. The normalized spacial score (nSPS) is 14.5. The van der Waals surface area contributed by atoms with Gasteiger partial charge in [-0.1, -0.05) is 61.5 Å². The van der Waals surface area contributed by atoms with E-state index in [1.54, 1.807) is 12.1 Å². The Bertz CT molecular complexity index is 1440. The minimum absolute atomic E-state index is 0.0327. The minimum atomic E-state index is -1.31. The SMILES string of the molecule is CCc1ccc(-c2ccc(-c3ccc(OC(=O)c4ccc(C5CO5)c(F)c4F)cc3)c(F)c2F)cc1. The van der Waals surface area contributed by atoms with Crippen molar-refractivity contribution in [3.05, 3.63) is 113 Å². The van der Waals surface area contributed by atoms with Crippen LogP contribution in [0.1, 0.15) is 34.5 Å². The fourth-order valence-electron chi connectivity index (χ4n) is 3.98. The van der Waals surface area contributed by atoms with E-state index in [1.165, 1.54) is 42.5 Å². The zero-order chi connectivity index (χ0) is 25.4. The molecule has 0 spiro atoms. The van der Waals surface area contributed by atoms with Gasteiger partial charge >= 0.3 is 5.97 Å². The molecule has 0 N–H and O–H groups in total. The fourth-order valence-corrected chi connectivity index (χ4v) is 3.98. The van der Waals surface area contributed by atoms with E-state index >= 15 is 0 Å². The average Bonchev–Trinajstić information content (AvgIpc) is 3.73. The Morgan fingerprint density at radius 3 is 1.86 bits per heavy atom. The number of rotatable bonds is 6. The molecule has 0 bridgehead atoms. The van der Waals surface area contributed by atoms with Gasteiger partial charge < -0.3 is 9.47 Å². The van der Waals surface area contributed by atoms with E-state index in [0.29, 0.717) is 17.7 Å². The van der Waals surface area contributed by atoms with Crippen molar-refractivity contribution in [3.63, 3.8) is 0 Å². The maximum absolute atomic E-state index is 14.9. The molecule has 0 radical (unpaired) electrons. The topological polar surface area (TPSA) is 38.8 Å². The highest BCUT2D eigenvalue weighted by Crippen LogP contribution is 2.34. The molecule has 1 fully saturated rings. The molecule has 0 amide bonds. The van der Waals surface area contributed by atoms with Gasteiger partial charge in [-0.3, -0.25) is 0 Å². The summed E-state index contributed by atoms with van der Waals surface area (Å²) in [4.78, 5) is 12.4. The number of hydrogen-bond acceptors (Lipinski definition) is 3. The van der Waals surface area contributed by atoms with Crippen LogP contribution in [0.25, 0.3) is 22.3 Å². The van der Waals surface area contributed by atoms with Crippen molar-refractivity contribution < 1.29 is 31.8 Å². The highest BCUT2D eigenvalue weighted by Gasteiger charge is 2.31. The largest absolute Gasteiger partial charge is 0.423 e. The van der Waals surface area contributed by atoms with Crippen LogP contribution in [0.3, 0.4) is 0 Å². The molecular formula is C29H20F4O3. The van der Waals surface area contributed by atoms with Crippen molar-refractivity contribution in [2.45, 2.75) is 19.4 Å². The lowest BCUT2D eigenvalue weighted by Gasteiger charge is -2.11. The van der Waals surface area contributed by atoms with E-state index in [4.69, 9.17) is 9.47 Å². The number of benzene rings is 4. The molecule has 0 aromatic heterocycles. The Labute approximate surface area is 204 Å². The van der Waals surface area contributed by atoms with Gasteiger partial charge in [-0.25, -0.2) is 22.4 Å². The second-order valence-corrected chi connectivity index (χ2v) is 8.41. The third kappa shape index (κ3) is 4.50. The number of hydrogen-bond donors (Lipinski definition) is 0. The molecule has 182 valence electrons. The fraction of sp³-hybridized carbons (Fsp3) is 0.138. The van der Waals surface area contributed by atoms with Crippen LogP contribution in [-0.4, -0.2) is 12.6 Å².